The number of ether oxygens (including phenoxy) is 1. The van der Waals surface area contributed by atoms with Crippen molar-refractivity contribution in [1.29, 1.82) is 0 Å². The van der Waals surface area contributed by atoms with Crippen molar-refractivity contribution in [3.05, 3.63) is 96.1 Å². The molecule has 0 saturated carbocycles. The van der Waals surface area contributed by atoms with Crippen LogP contribution < -0.4 is 20.7 Å². The van der Waals surface area contributed by atoms with E-state index in [9.17, 15) is 14.4 Å². The predicted molar refractivity (Wildman–Crippen MR) is 118 cm³/mol. The Bertz CT molecular complexity index is 1010. The predicted octanol–water partition coefficient (Wildman–Crippen LogP) is 2.86. The molecule has 0 fully saturated rings. The summed E-state index contributed by atoms with van der Waals surface area (Å²) < 4.78 is 5.40. The van der Waals surface area contributed by atoms with E-state index in [0.29, 0.717) is 35.7 Å². The molecule has 7 heteroatoms. The molecule has 0 aliphatic heterocycles. The minimum atomic E-state index is -0.296. The number of hydrogen-bond acceptors (Lipinski definition) is 4. The molecule has 31 heavy (non-hydrogen) atoms. The van der Waals surface area contributed by atoms with E-state index in [4.69, 9.17) is 4.74 Å². The lowest BCUT2D eigenvalue weighted by Crippen LogP contribution is -2.34. The summed E-state index contributed by atoms with van der Waals surface area (Å²) >= 11 is 0. The first-order chi connectivity index (χ1) is 15.1. The maximum Gasteiger partial charge on any atom is 0.262 e. The molecule has 7 nitrogen and oxygen atoms in total. The second kappa shape index (κ2) is 11.2. The second-order valence-electron chi connectivity index (χ2n) is 6.61. The maximum atomic E-state index is 12.2. The summed E-state index contributed by atoms with van der Waals surface area (Å²) in [6.07, 6.45) is 0. The van der Waals surface area contributed by atoms with Crippen LogP contribution in [0, 0.1) is 0 Å². The van der Waals surface area contributed by atoms with Gasteiger partial charge in [-0.15, -0.1) is 0 Å². The zero-order valence-electron chi connectivity index (χ0n) is 16.8. The van der Waals surface area contributed by atoms with Crippen molar-refractivity contribution < 1.29 is 19.1 Å². The molecule has 0 atom stereocenters. The second-order valence-corrected chi connectivity index (χ2v) is 6.61. The highest BCUT2D eigenvalue weighted by atomic mass is 16.5. The largest absolute Gasteiger partial charge is 0.484 e. The van der Waals surface area contributed by atoms with Crippen molar-refractivity contribution in [3.8, 4) is 5.75 Å². The molecule has 3 rings (SSSR count). The monoisotopic (exact) mass is 417 g/mol. The highest BCUT2D eigenvalue weighted by Crippen LogP contribution is 2.11. The van der Waals surface area contributed by atoms with Crippen molar-refractivity contribution in [2.24, 2.45) is 0 Å². The number of para-hydroxylation sites is 1. The van der Waals surface area contributed by atoms with Gasteiger partial charge in [0.15, 0.2) is 6.61 Å². The average molecular weight is 417 g/mol. The van der Waals surface area contributed by atoms with Crippen molar-refractivity contribution in [3.63, 3.8) is 0 Å². The van der Waals surface area contributed by atoms with Crippen LogP contribution in [0.1, 0.15) is 20.7 Å². The quantitative estimate of drug-likeness (QED) is 0.467. The summed E-state index contributed by atoms with van der Waals surface area (Å²) in [6, 6.07) is 24.5. The molecule has 0 radical (unpaired) electrons. The Morgan fingerprint density at radius 3 is 1.74 bits per heavy atom. The smallest absolute Gasteiger partial charge is 0.262 e. The van der Waals surface area contributed by atoms with Gasteiger partial charge in [0.1, 0.15) is 5.75 Å². The van der Waals surface area contributed by atoms with Gasteiger partial charge in [-0.25, -0.2) is 0 Å². The number of carbonyl (C=O) groups excluding carboxylic acids is 3. The third kappa shape index (κ3) is 7.01. The molecule has 3 aromatic rings. The Labute approximate surface area is 180 Å². The fourth-order valence-corrected chi connectivity index (χ4v) is 2.71. The van der Waals surface area contributed by atoms with Crippen LogP contribution >= 0.6 is 0 Å². The highest BCUT2D eigenvalue weighted by Gasteiger charge is 2.08. The van der Waals surface area contributed by atoms with Gasteiger partial charge < -0.3 is 20.7 Å². The summed E-state index contributed by atoms with van der Waals surface area (Å²) in [5, 5.41) is 8.21. The van der Waals surface area contributed by atoms with Gasteiger partial charge in [-0.3, -0.25) is 14.4 Å². The van der Waals surface area contributed by atoms with Gasteiger partial charge in [0, 0.05) is 29.9 Å². The topological polar surface area (TPSA) is 96.5 Å². The fraction of sp³-hybridized carbons (Fsp3) is 0.125. The lowest BCUT2D eigenvalue weighted by atomic mass is 10.2. The Morgan fingerprint density at radius 1 is 0.645 bits per heavy atom. The Morgan fingerprint density at radius 2 is 1.16 bits per heavy atom. The number of anilines is 1. The molecule has 0 aromatic heterocycles. The molecule has 0 spiro atoms. The minimum absolute atomic E-state index is 0.110. The maximum absolute atomic E-state index is 12.2. The van der Waals surface area contributed by atoms with Crippen LogP contribution in [-0.4, -0.2) is 37.4 Å². The van der Waals surface area contributed by atoms with Gasteiger partial charge in [-0.05, 0) is 48.5 Å². The van der Waals surface area contributed by atoms with Crippen molar-refractivity contribution in [2.75, 3.05) is 25.0 Å². The SMILES string of the molecule is O=C(COc1ccccc1)Nc1ccc(C(=O)NCCNC(=O)c2ccccc2)cc1. The number of hydrogen-bond donors (Lipinski definition) is 3. The Kier molecular flexibility index (Phi) is 7.77. The number of benzene rings is 3. The van der Waals surface area contributed by atoms with Crippen LogP contribution in [0.15, 0.2) is 84.9 Å². The zero-order chi connectivity index (χ0) is 21.9. The molecule has 0 unspecified atom stereocenters. The van der Waals surface area contributed by atoms with Crippen LogP contribution in [-0.2, 0) is 4.79 Å². The van der Waals surface area contributed by atoms with E-state index in [2.05, 4.69) is 16.0 Å². The Balaban J connectivity index is 1.38. The summed E-state index contributed by atoms with van der Waals surface area (Å²) in [5.41, 5.74) is 1.59. The first-order valence-corrected chi connectivity index (χ1v) is 9.81. The lowest BCUT2D eigenvalue weighted by molar-refractivity contribution is -0.118. The highest BCUT2D eigenvalue weighted by molar-refractivity contribution is 5.96. The van der Waals surface area contributed by atoms with Gasteiger partial charge >= 0.3 is 0 Å². The molecule has 0 heterocycles. The summed E-state index contributed by atoms with van der Waals surface area (Å²) in [5.74, 6) is -0.134. The standard InChI is InChI=1S/C24H23N3O4/c28-22(17-31-21-9-5-2-6-10-21)27-20-13-11-19(12-14-20)24(30)26-16-15-25-23(29)18-7-3-1-4-8-18/h1-14H,15-17H2,(H,25,29)(H,26,30)(H,27,28). The van der Waals surface area contributed by atoms with Crippen LogP contribution in [0.4, 0.5) is 5.69 Å². The van der Waals surface area contributed by atoms with E-state index >= 15 is 0 Å². The number of carbonyl (C=O) groups is 3. The van der Waals surface area contributed by atoms with E-state index in [1.54, 1.807) is 60.7 Å². The minimum Gasteiger partial charge on any atom is -0.484 e. The number of amides is 3. The van der Waals surface area contributed by atoms with Crippen LogP contribution in [0.25, 0.3) is 0 Å². The molecule has 0 aliphatic rings. The first-order valence-electron chi connectivity index (χ1n) is 9.81. The zero-order valence-corrected chi connectivity index (χ0v) is 16.8. The molecular weight excluding hydrogens is 394 g/mol. The van der Waals surface area contributed by atoms with Gasteiger partial charge in [-0.1, -0.05) is 36.4 Å². The lowest BCUT2D eigenvalue weighted by Gasteiger charge is -2.09. The normalized spacial score (nSPS) is 10.1. The van der Waals surface area contributed by atoms with E-state index in [-0.39, 0.29) is 24.3 Å². The Hall–Kier alpha value is -4.13. The number of nitrogens with one attached hydrogen (secondary N) is 3. The van der Waals surface area contributed by atoms with Crippen molar-refractivity contribution >= 4 is 23.4 Å². The molecule has 3 N–H and O–H groups in total. The van der Waals surface area contributed by atoms with Crippen LogP contribution in [0.2, 0.25) is 0 Å². The van der Waals surface area contributed by atoms with E-state index in [1.807, 2.05) is 24.3 Å². The van der Waals surface area contributed by atoms with Gasteiger partial charge in [-0.2, -0.15) is 0 Å². The van der Waals surface area contributed by atoms with E-state index in [0.717, 1.165) is 0 Å². The molecule has 158 valence electrons. The average Bonchev–Trinajstić information content (AvgIpc) is 2.82. The van der Waals surface area contributed by atoms with E-state index < -0.39 is 0 Å². The third-order valence-corrected chi connectivity index (χ3v) is 4.28. The summed E-state index contributed by atoms with van der Waals surface area (Å²) in [7, 11) is 0. The van der Waals surface area contributed by atoms with Gasteiger partial charge in [0.05, 0.1) is 0 Å². The number of rotatable bonds is 9. The summed E-state index contributed by atoms with van der Waals surface area (Å²) in [6.45, 7) is 0.503. The molecular formula is C24H23N3O4. The van der Waals surface area contributed by atoms with Crippen molar-refractivity contribution in [1.82, 2.24) is 10.6 Å². The summed E-state index contributed by atoms with van der Waals surface area (Å²) in [4.78, 5) is 36.2. The molecule has 0 aliphatic carbocycles. The molecule has 3 aromatic carbocycles. The van der Waals surface area contributed by atoms with Crippen molar-refractivity contribution in [2.45, 2.75) is 0 Å². The van der Waals surface area contributed by atoms with E-state index in [1.165, 1.54) is 0 Å². The molecule has 0 bridgehead atoms. The third-order valence-electron chi connectivity index (χ3n) is 4.28. The van der Waals surface area contributed by atoms with Gasteiger partial charge in [0.2, 0.25) is 0 Å². The first kappa shape index (κ1) is 21.6. The van der Waals surface area contributed by atoms with Gasteiger partial charge in [0.25, 0.3) is 17.7 Å². The van der Waals surface area contributed by atoms with Crippen LogP contribution in [0.3, 0.4) is 0 Å². The fourth-order valence-electron chi connectivity index (χ4n) is 2.71. The molecule has 0 saturated heterocycles. The molecule has 3 amide bonds. The van der Waals surface area contributed by atoms with Crippen LogP contribution in [0.5, 0.6) is 5.75 Å².